The van der Waals surface area contributed by atoms with E-state index in [9.17, 15) is 0 Å². The molecule has 0 saturated heterocycles. The standard InChI is InChI=1S/C20H23IN2OS/c1-13(2)14-5-7-15(8-6-14)20-22-18-16(21)9-10-17(24-3)19(18)23(20)11-12-25-4/h5-10,13H,11-12H2,1-4H3. The fourth-order valence-corrected chi connectivity index (χ4v) is 3.90. The lowest BCUT2D eigenvalue weighted by atomic mass is 10.0. The zero-order valence-corrected chi connectivity index (χ0v) is 18.0. The van der Waals surface area contributed by atoms with E-state index in [1.54, 1.807) is 7.11 Å². The molecule has 0 amide bonds. The summed E-state index contributed by atoms with van der Waals surface area (Å²) >= 11 is 4.20. The average molecular weight is 466 g/mol. The van der Waals surface area contributed by atoms with Crippen molar-refractivity contribution in [3.05, 3.63) is 45.5 Å². The maximum absolute atomic E-state index is 5.63. The molecule has 25 heavy (non-hydrogen) atoms. The van der Waals surface area contributed by atoms with E-state index < -0.39 is 0 Å². The van der Waals surface area contributed by atoms with Crippen molar-refractivity contribution < 1.29 is 4.74 Å². The molecule has 1 aromatic heterocycles. The van der Waals surface area contributed by atoms with E-state index in [0.29, 0.717) is 5.92 Å². The Balaban J connectivity index is 2.21. The van der Waals surface area contributed by atoms with Crippen molar-refractivity contribution in [2.24, 2.45) is 0 Å². The Kier molecular flexibility index (Phi) is 5.94. The SMILES string of the molecule is COc1ccc(I)c2nc(-c3ccc(C(C)C)cc3)n(CCSC)c12. The summed E-state index contributed by atoms with van der Waals surface area (Å²) in [6.45, 7) is 5.35. The predicted molar refractivity (Wildman–Crippen MR) is 117 cm³/mol. The summed E-state index contributed by atoms with van der Waals surface area (Å²) < 4.78 is 9.08. The molecule has 0 unspecified atom stereocenters. The van der Waals surface area contributed by atoms with E-state index in [1.807, 2.05) is 17.8 Å². The van der Waals surface area contributed by atoms with Gasteiger partial charge < -0.3 is 9.30 Å². The van der Waals surface area contributed by atoms with Crippen molar-refractivity contribution in [1.29, 1.82) is 0 Å². The first-order valence-electron chi connectivity index (χ1n) is 8.38. The highest BCUT2D eigenvalue weighted by molar-refractivity contribution is 14.1. The third kappa shape index (κ3) is 3.67. The number of imidazole rings is 1. The summed E-state index contributed by atoms with van der Waals surface area (Å²) in [6.07, 6.45) is 2.14. The molecule has 0 atom stereocenters. The summed E-state index contributed by atoms with van der Waals surface area (Å²) in [5, 5.41) is 0. The highest BCUT2D eigenvalue weighted by Crippen LogP contribution is 2.34. The molecule has 3 rings (SSSR count). The van der Waals surface area contributed by atoms with Gasteiger partial charge in [-0.3, -0.25) is 0 Å². The minimum atomic E-state index is 0.533. The summed E-state index contributed by atoms with van der Waals surface area (Å²) in [6, 6.07) is 12.9. The first-order chi connectivity index (χ1) is 12.1. The molecular formula is C20H23IN2OS. The van der Waals surface area contributed by atoms with E-state index in [0.717, 1.165) is 44.0 Å². The lowest BCUT2D eigenvalue weighted by Gasteiger charge is -2.12. The van der Waals surface area contributed by atoms with Crippen LogP contribution in [-0.4, -0.2) is 28.7 Å². The number of halogens is 1. The molecule has 0 radical (unpaired) electrons. The molecule has 1 heterocycles. The molecule has 3 nitrogen and oxygen atoms in total. The van der Waals surface area contributed by atoms with Gasteiger partial charge >= 0.3 is 0 Å². The zero-order valence-electron chi connectivity index (χ0n) is 15.0. The van der Waals surface area contributed by atoms with Crippen molar-refractivity contribution in [3.63, 3.8) is 0 Å². The van der Waals surface area contributed by atoms with Crippen LogP contribution in [0.2, 0.25) is 0 Å². The lowest BCUT2D eigenvalue weighted by Crippen LogP contribution is -2.04. The van der Waals surface area contributed by atoms with Crippen LogP contribution in [0.15, 0.2) is 36.4 Å². The number of aromatic nitrogens is 2. The largest absolute Gasteiger partial charge is 0.494 e. The van der Waals surface area contributed by atoms with Crippen LogP contribution < -0.4 is 4.74 Å². The van der Waals surface area contributed by atoms with Gasteiger partial charge in [0.15, 0.2) is 0 Å². The zero-order chi connectivity index (χ0) is 18.0. The molecular weight excluding hydrogens is 443 g/mol. The smallest absolute Gasteiger partial charge is 0.144 e. The van der Waals surface area contributed by atoms with Gasteiger partial charge in [0.25, 0.3) is 0 Å². The van der Waals surface area contributed by atoms with Gasteiger partial charge in [0.05, 0.1) is 7.11 Å². The molecule has 3 aromatic rings. The Hall–Kier alpha value is -1.21. The van der Waals surface area contributed by atoms with Gasteiger partial charge in [-0.05, 0) is 52.5 Å². The van der Waals surface area contributed by atoms with Gasteiger partial charge in [0.1, 0.15) is 22.6 Å². The van der Waals surface area contributed by atoms with Gasteiger partial charge in [0, 0.05) is 21.4 Å². The van der Waals surface area contributed by atoms with Crippen molar-refractivity contribution in [3.8, 4) is 17.1 Å². The topological polar surface area (TPSA) is 27.1 Å². The van der Waals surface area contributed by atoms with Crippen LogP contribution in [0.5, 0.6) is 5.75 Å². The monoisotopic (exact) mass is 466 g/mol. The van der Waals surface area contributed by atoms with Crippen molar-refractivity contribution in [2.45, 2.75) is 26.3 Å². The van der Waals surface area contributed by atoms with E-state index in [-0.39, 0.29) is 0 Å². The molecule has 0 aliphatic rings. The second-order valence-corrected chi connectivity index (χ2v) is 8.45. The molecule has 0 aliphatic carbocycles. The van der Waals surface area contributed by atoms with Gasteiger partial charge in [-0.25, -0.2) is 4.98 Å². The van der Waals surface area contributed by atoms with Gasteiger partial charge in [0.2, 0.25) is 0 Å². The molecule has 0 fully saturated rings. The summed E-state index contributed by atoms with van der Waals surface area (Å²) in [5.41, 5.74) is 4.61. The van der Waals surface area contributed by atoms with Crippen LogP contribution in [-0.2, 0) is 6.54 Å². The van der Waals surface area contributed by atoms with Crippen LogP contribution in [0.25, 0.3) is 22.4 Å². The van der Waals surface area contributed by atoms with Gasteiger partial charge in [-0.2, -0.15) is 11.8 Å². The lowest BCUT2D eigenvalue weighted by molar-refractivity contribution is 0.417. The molecule has 0 aliphatic heterocycles. The molecule has 132 valence electrons. The fourth-order valence-electron chi connectivity index (χ4n) is 2.98. The van der Waals surface area contributed by atoms with E-state index in [4.69, 9.17) is 9.72 Å². The number of aryl methyl sites for hydroxylation is 1. The van der Waals surface area contributed by atoms with Crippen LogP contribution >= 0.6 is 34.4 Å². The quantitative estimate of drug-likeness (QED) is 0.430. The number of fused-ring (bicyclic) bond motifs is 1. The highest BCUT2D eigenvalue weighted by atomic mass is 127. The average Bonchev–Trinajstić information content (AvgIpc) is 3.01. The van der Waals surface area contributed by atoms with Crippen molar-refractivity contribution in [2.75, 3.05) is 19.1 Å². The van der Waals surface area contributed by atoms with E-state index in [2.05, 4.69) is 77.6 Å². The molecule has 2 aromatic carbocycles. The number of methoxy groups -OCH3 is 1. The normalized spacial score (nSPS) is 11.4. The fraction of sp³-hybridized carbons (Fsp3) is 0.350. The number of benzene rings is 2. The van der Waals surface area contributed by atoms with Gasteiger partial charge in [-0.15, -0.1) is 0 Å². The predicted octanol–water partition coefficient (Wildman–Crippen LogP) is 5.80. The summed E-state index contributed by atoms with van der Waals surface area (Å²) in [7, 11) is 1.73. The first-order valence-corrected chi connectivity index (χ1v) is 10.9. The van der Waals surface area contributed by atoms with Crippen LogP contribution in [0.1, 0.15) is 25.3 Å². The second kappa shape index (κ2) is 7.99. The summed E-state index contributed by atoms with van der Waals surface area (Å²) in [5.74, 6) is 3.47. The van der Waals surface area contributed by atoms with Crippen LogP contribution in [0.3, 0.4) is 0 Å². The minimum Gasteiger partial charge on any atom is -0.494 e. The third-order valence-corrected chi connectivity index (χ3v) is 5.84. The van der Waals surface area contributed by atoms with E-state index in [1.165, 1.54) is 5.56 Å². The number of hydrogen-bond donors (Lipinski definition) is 0. The number of ether oxygens (including phenoxy) is 1. The Morgan fingerprint density at radius 1 is 1.16 bits per heavy atom. The maximum Gasteiger partial charge on any atom is 0.144 e. The molecule has 0 N–H and O–H groups in total. The molecule has 0 saturated carbocycles. The maximum atomic E-state index is 5.63. The summed E-state index contributed by atoms with van der Waals surface area (Å²) in [4.78, 5) is 4.98. The van der Waals surface area contributed by atoms with Gasteiger partial charge in [-0.1, -0.05) is 38.1 Å². The van der Waals surface area contributed by atoms with Crippen molar-refractivity contribution in [1.82, 2.24) is 9.55 Å². The Labute approximate surface area is 167 Å². The van der Waals surface area contributed by atoms with E-state index >= 15 is 0 Å². The number of rotatable bonds is 6. The van der Waals surface area contributed by atoms with Crippen LogP contribution in [0.4, 0.5) is 0 Å². The molecule has 0 bridgehead atoms. The molecule has 5 heteroatoms. The number of thioether (sulfide) groups is 1. The Bertz CT molecular complexity index is 872. The highest BCUT2D eigenvalue weighted by Gasteiger charge is 2.18. The number of nitrogens with zero attached hydrogens (tertiary/aromatic N) is 2. The first kappa shape index (κ1) is 18.6. The molecule has 0 spiro atoms. The van der Waals surface area contributed by atoms with Crippen LogP contribution in [0, 0.1) is 3.57 Å². The van der Waals surface area contributed by atoms with Crippen molar-refractivity contribution >= 4 is 45.4 Å². The Morgan fingerprint density at radius 3 is 2.48 bits per heavy atom. The Morgan fingerprint density at radius 2 is 1.88 bits per heavy atom. The number of hydrogen-bond acceptors (Lipinski definition) is 3. The third-order valence-electron chi connectivity index (χ3n) is 4.38. The minimum absolute atomic E-state index is 0.533. The second-order valence-electron chi connectivity index (χ2n) is 6.30.